The lowest BCUT2D eigenvalue weighted by molar-refractivity contribution is -0.182. The minimum absolute atomic E-state index is 0.191. The molecule has 0 N–H and O–H groups in total. The molecular weight excluding hydrogens is 296 g/mol. The molecule has 1 saturated carbocycles. The maximum Gasteiger partial charge on any atom is 0.335 e. The average molecular weight is 326 g/mol. The predicted octanol–water partition coefficient (Wildman–Crippen LogP) is 3.25. The Morgan fingerprint density at radius 2 is 2.04 bits per heavy atom. The quantitative estimate of drug-likeness (QED) is 0.672. The van der Waals surface area contributed by atoms with E-state index in [9.17, 15) is 9.59 Å². The maximum atomic E-state index is 12.8. The van der Waals surface area contributed by atoms with Crippen LogP contribution in [0.25, 0.3) is 0 Å². The number of carbonyl (C=O) groups is 2. The van der Waals surface area contributed by atoms with Gasteiger partial charge in [0.15, 0.2) is 6.10 Å². The average Bonchev–Trinajstić information content (AvgIpc) is 3.14. The molecule has 0 aromatic heterocycles. The molecule has 5 heteroatoms. The van der Waals surface area contributed by atoms with Gasteiger partial charge in [0.1, 0.15) is 5.60 Å². The van der Waals surface area contributed by atoms with Gasteiger partial charge >= 0.3 is 11.9 Å². The van der Waals surface area contributed by atoms with Gasteiger partial charge in [-0.2, -0.15) is 0 Å². The normalized spacial score (nSPS) is 26.1. The summed E-state index contributed by atoms with van der Waals surface area (Å²) in [5.74, 6) is -0.228. The van der Waals surface area contributed by atoms with Gasteiger partial charge in [-0.3, -0.25) is 4.79 Å². The molecule has 0 aromatic rings. The van der Waals surface area contributed by atoms with Crippen LogP contribution >= 0.6 is 0 Å². The van der Waals surface area contributed by atoms with E-state index in [-0.39, 0.29) is 24.1 Å². The minimum Gasteiger partial charge on any atom is -0.464 e. The highest BCUT2D eigenvalue weighted by Gasteiger charge is 2.45. The van der Waals surface area contributed by atoms with E-state index < -0.39 is 11.5 Å². The Hall–Kier alpha value is -1.10. The third-order valence-electron chi connectivity index (χ3n) is 5.56. The van der Waals surface area contributed by atoms with E-state index >= 15 is 0 Å². The predicted molar refractivity (Wildman–Crippen MR) is 85.8 cm³/mol. The van der Waals surface area contributed by atoms with Gasteiger partial charge in [-0.15, -0.1) is 0 Å². The van der Waals surface area contributed by atoms with Crippen molar-refractivity contribution in [2.24, 2.45) is 11.3 Å². The third kappa shape index (κ3) is 3.87. The van der Waals surface area contributed by atoms with Crippen molar-refractivity contribution in [3.8, 4) is 0 Å². The number of ether oxygens (including phenoxy) is 3. The number of carbonyl (C=O) groups excluding carboxylic acids is 2. The molecule has 0 amide bonds. The highest BCUT2D eigenvalue weighted by molar-refractivity contribution is 5.78. The molecule has 2 unspecified atom stereocenters. The topological polar surface area (TPSA) is 61.8 Å². The first-order valence-corrected chi connectivity index (χ1v) is 8.85. The van der Waals surface area contributed by atoms with Gasteiger partial charge in [0.2, 0.25) is 0 Å². The van der Waals surface area contributed by atoms with Crippen LogP contribution in [0.15, 0.2) is 0 Å². The molecule has 2 atom stereocenters. The monoisotopic (exact) mass is 326 g/mol. The standard InChI is InChI=1S/C18H30O5/c1-5-17(4,12-22-14-8-11-21-15(14)19)16(20)23-18(13(2)3)9-6-7-10-18/h13-14H,5-12H2,1-4H3. The Labute approximate surface area is 139 Å². The molecule has 5 nitrogen and oxygen atoms in total. The van der Waals surface area contributed by atoms with Crippen molar-refractivity contribution in [3.05, 3.63) is 0 Å². The molecule has 2 aliphatic rings. The van der Waals surface area contributed by atoms with Crippen LogP contribution in [0.2, 0.25) is 0 Å². The van der Waals surface area contributed by atoms with E-state index in [1.807, 2.05) is 13.8 Å². The van der Waals surface area contributed by atoms with Crippen LogP contribution in [0.4, 0.5) is 0 Å². The Kier molecular flexibility index (Phi) is 5.71. The molecule has 23 heavy (non-hydrogen) atoms. The fourth-order valence-electron chi connectivity index (χ4n) is 3.30. The van der Waals surface area contributed by atoms with Gasteiger partial charge in [-0.25, -0.2) is 4.79 Å². The second-order valence-electron chi connectivity index (χ2n) is 7.49. The maximum absolute atomic E-state index is 12.8. The van der Waals surface area contributed by atoms with Gasteiger partial charge in [0.25, 0.3) is 0 Å². The lowest BCUT2D eigenvalue weighted by Gasteiger charge is -2.37. The van der Waals surface area contributed by atoms with Crippen LogP contribution in [0.1, 0.15) is 66.2 Å². The van der Waals surface area contributed by atoms with E-state index in [0.717, 1.165) is 25.7 Å². The molecule has 1 aliphatic carbocycles. The highest BCUT2D eigenvalue weighted by Crippen LogP contribution is 2.41. The molecule has 0 spiro atoms. The molecule has 132 valence electrons. The molecule has 2 rings (SSSR count). The Bertz CT molecular complexity index is 439. The molecule has 0 bridgehead atoms. The van der Waals surface area contributed by atoms with Crippen molar-refractivity contribution in [2.75, 3.05) is 13.2 Å². The van der Waals surface area contributed by atoms with E-state index in [1.54, 1.807) is 0 Å². The zero-order chi connectivity index (χ0) is 17.1. The SMILES string of the molecule is CCC(C)(COC1CCOC1=O)C(=O)OC1(C(C)C)CCCC1. The lowest BCUT2D eigenvalue weighted by Crippen LogP contribution is -2.44. The van der Waals surface area contributed by atoms with Gasteiger partial charge in [-0.05, 0) is 44.9 Å². The smallest absolute Gasteiger partial charge is 0.335 e. The van der Waals surface area contributed by atoms with Crippen molar-refractivity contribution in [3.63, 3.8) is 0 Å². The zero-order valence-electron chi connectivity index (χ0n) is 14.9. The van der Waals surface area contributed by atoms with Gasteiger partial charge in [0, 0.05) is 6.42 Å². The van der Waals surface area contributed by atoms with Crippen molar-refractivity contribution in [2.45, 2.75) is 77.9 Å². The minimum atomic E-state index is -0.729. The van der Waals surface area contributed by atoms with Gasteiger partial charge < -0.3 is 14.2 Å². The number of rotatable bonds is 7. The van der Waals surface area contributed by atoms with E-state index in [4.69, 9.17) is 14.2 Å². The molecule has 0 radical (unpaired) electrons. The van der Waals surface area contributed by atoms with Crippen molar-refractivity contribution in [1.82, 2.24) is 0 Å². The molecule has 1 heterocycles. The third-order valence-corrected chi connectivity index (χ3v) is 5.56. The number of hydrogen-bond donors (Lipinski definition) is 0. The fraction of sp³-hybridized carbons (Fsp3) is 0.889. The summed E-state index contributed by atoms with van der Waals surface area (Å²) in [5, 5.41) is 0. The first kappa shape index (κ1) is 18.2. The van der Waals surface area contributed by atoms with Crippen LogP contribution in [0.3, 0.4) is 0 Å². The molecule has 1 saturated heterocycles. The highest BCUT2D eigenvalue weighted by atomic mass is 16.6. The van der Waals surface area contributed by atoms with Crippen LogP contribution in [0, 0.1) is 11.3 Å². The van der Waals surface area contributed by atoms with Crippen molar-refractivity contribution >= 4 is 11.9 Å². The first-order chi connectivity index (χ1) is 10.8. The molecule has 0 aromatic carbocycles. The Balaban J connectivity index is 1.99. The summed E-state index contributed by atoms with van der Waals surface area (Å²) in [6, 6.07) is 0. The largest absolute Gasteiger partial charge is 0.464 e. The number of cyclic esters (lactones) is 1. The zero-order valence-corrected chi connectivity index (χ0v) is 14.9. The van der Waals surface area contributed by atoms with E-state index in [0.29, 0.717) is 25.4 Å². The summed E-state index contributed by atoms with van der Waals surface area (Å²) >= 11 is 0. The molecular formula is C18H30O5. The van der Waals surface area contributed by atoms with Gasteiger partial charge in [-0.1, -0.05) is 20.8 Å². The van der Waals surface area contributed by atoms with E-state index in [2.05, 4.69) is 13.8 Å². The summed E-state index contributed by atoms with van der Waals surface area (Å²) in [6.45, 7) is 8.64. The summed E-state index contributed by atoms with van der Waals surface area (Å²) in [6.07, 6.45) is 4.72. The summed E-state index contributed by atoms with van der Waals surface area (Å²) in [7, 11) is 0. The second kappa shape index (κ2) is 7.20. The Morgan fingerprint density at radius 3 is 2.52 bits per heavy atom. The molecule has 1 aliphatic heterocycles. The lowest BCUT2D eigenvalue weighted by atomic mass is 9.85. The van der Waals surface area contributed by atoms with Crippen LogP contribution in [0.5, 0.6) is 0 Å². The summed E-state index contributed by atoms with van der Waals surface area (Å²) < 4.78 is 16.6. The summed E-state index contributed by atoms with van der Waals surface area (Å²) in [5.41, 5.74) is -1.06. The van der Waals surface area contributed by atoms with Crippen molar-refractivity contribution in [1.29, 1.82) is 0 Å². The first-order valence-electron chi connectivity index (χ1n) is 8.85. The van der Waals surface area contributed by atoms with Crippen LogP contribution < -0.4 is 0 Å². The Morgan fingerprint density at radius 1 is 1.39 bits per heavy atom. The number of esters is 2. The van der Waals surface area contributed by atoms with E-state index in [1.165, 1.54) is 0 Å². The van der Waals surface area contributed by atoms with Crippen molar-refractivity contribution < 1.29 is 23.8 Å². The second-order valence-corrected chi connectivity index (χ2v) is 7.49. The van der Waals surface area contributed by atoms with Crippen LogP contribution in [-0.4, -0.2) is 36.9 Å². The summed E-state index contributed by atoms with van der Waals surface area (Å²) in [4.78, 5) is 24.3. The molecule has 2 fully saturated rings. The number of hydrogen-bond acceptors (Lipinski definition) is 5. The van der Waals surface area contributed by atoms with Crippen LogP contribution in [-0.2, 0) is 23.8 Å². The fourth-order valence-corrected chi connectivity index (χ4v) is 3.30. The van der Waals surface area contributed by atoms with Gasteiger partial charge in [0.05, 0.1) is 18.6 Å².